The molecule has 2 heterocycles. The molecule has 0 aromatic carbocycles. The van der Waals surface area contributed by atoms with Gasteiger partial charge in [-0.15, -0.1) is 11.3 Å². The van der Waals surface area contributed by atoms with Gasteiger partial charge in [-0.1, -0.05) is 11.6 Å². The molecule has 0 bridgehead atoms. The van der Waals surface area contributed by atoms with Crippen molar-refractivity contribution in [2.45, 2.75) is 19.3 Å². The van der Waals surface area contributed by atoms with Crippen LogP contribution in [0.15, 0.2) is 12.1 Å². The Labute approximate surface area is 110 Å². The zero-order chi connectivity index (χ0) is 12.3. The Kier molecular flexibility index (Phi) is 4.03. The van der Waals surface area contributed by atoms with Crippen molar-refractivity contribution >= 4 is 28.8 Å². The molecule has 1 fully saturated rings. The van der Waals surface area contributed by atoms with Crippen LogP contribution >= 0.6 is 22.9 Å². The van der Waals surface area contributed by atoms with Crippen LogP contribution in [0.4, 0.5) is 0 Å². The first-order chi connectivity index (χ1) is 8.19. The van der Waals surface area contributed by atoms with Crippen molar-refractivity contribution in [2.24, 2.45) is 5.92 Å². The van der Waals surface area contributed by atoms with Crippen molar-refractivity contribution < 1.29 is 4.79 Å². The van der Waals surface area contributed by atoms with Gasteiger partial charge in [0.1, 0.15) is 0 Å². The molecular formula is C12H13ClN2OS. The summed E-state index contributed by atoms with van der Waals surface area (Å²) >= 11 is 7.41. The fraction of sp³-hybridized carbons (Fsp3) is 0.500. The van der Waals surface area contributed by atoms with E-state index < -0.39 is 0 Å². The lowest BCUT2D eigenvalue weighted by Crippen LogP contribution is -2.39. The molecule has 0 radical (unpaired) electrons. The molecule has 0 aliphatic carbocycles. The third kappa shape index (κ3) is 3.21. The zero-order valence-electron chi connectivity index (χ0n) is 9.36. The molecule has 1 aliphatic rings. The Morgan fingerprint density at radius 1 is 1.59 bits per heavy atom. The number of rotatable bonds is 3. The molecule has 1 aromatic heterocycles. The number of hydrogen-bond donors (Lipinski definition) is 0. The second-order valence-corrected chi connectivity index (χ2v) is 5.96. The first-order valence-electron chi connectivity index (χ1n) is 5.60. The topological polar surface area (TPSA) is 44.1 Å². The summed E-state index contributed by atoms with van der Waals surface area (Å²) in [6.07, 6.45) is 2.02. The Hall–Kier alpha value is -1.05. The molecule has 1 saturated heterocycles. The van der Waals surface area contributed by atoms with Crippen molar-refractivity contribution in [2.75, 3.05) is 13.1 Å². The van der Waals surface area contributed by atoms with E-state index in [1.54, 1.807) is 11.3 Å². The summed E-state index contributed by atoms with van der Waals surface area (Å²) in [7, 11) is 0. The van der Waals surface area contributed by atoms with E-state index in [1.807, 2.05) is 17.0 Å². The number of hydrogen-bond acceptors (Lipinski definition) is 3. The number of nitriles is 1. The minimum absolute atomic E-state index is 0.0880. The van der Waals surface area contributed by atoms with Crippen LogP contribution in [0, 0.1) is 17.2 Å². The Bertz CT molecular complexity index is 452. The van der Waals surface area contributed by atoms with Crippen LogP contribution in [0.2, 0.25) is 4.34 Å². The van der Waals surface area contributed by atoms with E-state index in [9.17, 15) is 4.79 Å². The van der Waals surface area contributed by atoms with Gasteiger partial charge < -0.3 is 4.90 Å². The fourth-order valence-electron chi connectivity index (χ4n) is 1.96. The van der Waals surface area contributed by atoms with E-state index >= 15 is 0 Å². The van der Waals surface area contributed by atoms with Crippen molar-refractivity contribution in [1.82, 2.24) is 4.90 Å². The summed E-state index contributed by atoms with van der Waals surface area (Å²) in [5, 5.41) is 8.77. The van der Waals surface area contributed by atoms with Crippen molar-refractivity contribution in [1.29, 1.82) is 5.26 Å². The van der Waals surface area contributed by atoms with E-state index in [2.05, 4.69) is 6.07 Å². The molecule has 1 atom stereocenters. The molecule has 90 valence electrons. The van der Waals surface area contributed by atoms with Gasteiger partial charge in [0.2, 0.25) is 5.91 Å². The van der Waals surface area contributed by atoms with Crippen LogP contribution in [0.5, 0.6) is 0 Å². The lowest BCUT2D eigenvalue weighted by molar-refractivity contribution is -0.134. The highest BCUT2D eigenvalue weighted by molar-refractivity contribution is 7.16. The van der Waals surface area contributed by atoms with Crippen LogP contribution in [0.3, 0.4) is 0 Å². The molecule has 2 rings (SSSR count). The maximum atomic E-state index is 11.7. The third-order valence-corrected chi connectivity index (χ3v) is 4.25. The molecule has 1 unspecified atom stereocenters. The number of halogens is 1. The summed E-state index contributed by atoms with van der Waals surface area (Å²) < 4.78 is 0.787. The number of likely N-dealkylation sites (tertiary alicyclic amines) is 1. The van der Waals surface area contributed by atoms with Gasteiger partial charge in [0.25, 0.3) is 0 Å². The third-order valence-electron chi connectivity index (χ3n) is 2.96. The van der Waals surface area contributed by atoms with Gasteiger partial charge in [-0.3, -0.25) is 4.79 Å². The molecular weight excluding hydrogens is 256 g/mol. The van der Waals surface area contributed by atoms with E-state index in [-0.39, 0.29) is 11.8 Å². The van der Waals surface area contributed by atoms with Gasteiger partial charge in [0.15, 0.2) is 0 Å². The molecule has 1 aromatic rings. The average Bonchev–Trinajstić information content (AvgIpc) is 2.73. The van der Waals surface area contributed by atoms with Crippen LogP contribution < -0.4 is 0 Å². The van der Waals surface area contributed by atoms with Gasteiger partial charge >= 0.3 is 0 Å². The number of carbonyl (C=O) groups excluding carboxylic acids is 1. The van der Waals surface area contributed by atoms with Gasteiger partial charge in [0, 0.05) is 24.4 Å². The molecule has 3 nitrogen and oxygen atoms in total. The molecule has 17 heavy (non-hydrogen) atoms. The maximum absolute atomic E-state index is 11.7. The lowest BCUT2D eigenvalue weighted by Gasteiger charge is -2.28. The van der Waals surface area contributed by atoms with Gasteiger partial charge in [-0.05, 0) is 25.0 Å². The fourth-order valence-corrected chi connectivity index (χ4v) is 3.03. The second kappa shape index (κ2) is 5.52. The molecule has 1 aliphatic heterocycles. The van der Waals surface area contributed by atoms with E-state index in [0.717, 1.165) is 23.7 Å². The SMILES string of the molecule is N#CC1CCN(CCc2ccc(Cl)s2)C(=O)C1. The summed E-state index contributed by atoms with van der Waals surface area (Å²) in [5.74, 6) is 0.0142. The molecule has 0 spiro atoms. The first kappa shape index (κ1) is 12.4. The minimum Gasteiger partial charge on any atom is -0.342 e. The number of thiophene rings is 1. The molecule has 1 amide bonds. The average molecular weight is 269 g/mol. The Morgan fingerprint density at radius 3 is 3.00 bits per heavy atom. The second-order valence-electron chi connectivity index (χ2n) is 4.16. The zero-order valence-corrected chi connectivity index (χ0v) is 10.9. The van der Waals surface area contributed by atoms with E-state index in [0.29, 0.717) is 13.0 Å². The summed E-state index contributed by atoms with van der Waals surface area (Å²) in [6, 6.07) is 6.05. The highest BCUT2D eigenvalue weighted by atomic mass is 35.5. The summed E-state index contributed by atoms with van der Waals surface area (Å²) in [4.78, 5) is 14.8. The number of nitrogens with zero attached hydrogens (tertiary/aromatic N) is 2. The van der Waals surface area contributed by atoms with Crippen LogP contribution in [-0.4, -0.2) is 23.9 Å². The molecule has 5 heteroatoms. The number of piperidine rings is 1. The largest absolute Gasteiger partial charge is 0.342 e. The minimum atomic E-state index is -0.0880. The monoisotopic (exact) mass is 268 g/mol. The van der Waals surface area contributed by atoms with Gasteiger partial charge in [0.05, 0.1) is 16.3 Å². The maximum Gasteiger partial charge on any atom is 0.223 e. The Balaban J connectivity index is 1.84. The van der Waals surface area contributed by atoms with Crippen LogP contribution in [0.1, 0.15) is 17.7 Å². The lowest BCUT2D eigenvalue weighted by atomic mass is 9.98. The highest BCUT2D eigenvalue weighted by Crippen LogP contribution is 2.23. The molecule has 0 N–H and O–H groups in total. The van der Waals surface area contributed by atoms with Crippen LogP contribution in [0.25, 0.3) is 0 Å². The quantitative estimate of drug-likeness (QED) is 0.846. The van der Waals surface area contributed by atoms with E-state index in [4.69, 9.17) is 16.9 Å². The summed E-state index contributed by atoms with van der Waals surface area (Å²) in [6.45, 7) is 1.43. The smallest absolute Gasteiger partial charge is 0.223 e. The molecule has 0 saturated carbocycles. The van der Waals surface area contributed by atoms with E-state index in [1.165, 1.54) is 4.88 Å². The standard InChI is InChI=1S/C12H13ClN2OS/c13-11-2-1-10(17-11)4-6-15-5-3-9(8-14)7-12(15)16/h1-2,9H,3-7H2. The normalized spacial score (nSPS) is 20.4. The summed E-state index contributed by atoms with van der Waals surface area (Å²) in [5.41, 5.74) is 0. The number of amides is 1. The van der Waals surface area contributed by atoms with Crippen molar-refractivity contribution in [3.05, 3.63) is 21.3 Å². The first-order valence-corrected chi connectivity index (χ1v) is 6.80. The predicted molar refractivity (Wildman–Crippen MR) is 68.0 cm³/mol. The van der Waals surface area contributed by atoms with Gasteiger partial charge in [-0.25, -0.2) is 0 Å². The number of carbonyl (C=O) groups is 1. The predicted octanol–water partition coefficient (Wildman–Crippen LogP) is 2.71. The highest BCUT2D eigenvalue weighted by Gasteiger charge is 2.25. The van der Waals surface area contributed by atoms with Crippen molar-refractivity contribution in [3.63, 3.8) is 0 Å². The van der Waals surface area contributed by atoms with Crippen molar-refractivity contribution in [3.8, 4) is 6.07 Å². The Morgan fingerprint density at radius 2 is 2.41 bits per heavy atom. The van der Waals surface area contributed by atoms with Gasteiger partial charge in [-0.2, -0.15) is 5.26 Å². The van der Waals surface area contributed by atoms with Crippen LogP contribution in [-0.2, 0) is 11.2 Å².